The third-order valence-electron chi connectivity index (χ3n) is 2.86. The SMILES string of the molecule is COc1ccc2cc(C(C)(N)C(F)F)[nH]c2c1. The van der Waals surface area contributed by atoms with Crippen LogP contribution in [0.2, 0.25) is 0 Å². The van der Waals surface area contributed by atoms with Gasteiger partial charge in [-0.2, -0.15) is 0 Å². The molecule has 3 nitrogen and oxygen atoms in total. The summed E-state index contributed by atoms with van der Waals surface area (Å²) in [6.45, 7) is 1.31. The molecule has 1 atom stereocenters. The van der Waals surface area contributed by atoms with Crippen molar-refractivity contribution in [1.29, 1.82) is 0 Å². The summed E-state index contributed by atoms with van der Waals surface area (Å²) in [4.78, 5) is 2.91. The van der Waals surface area contributed by atoms with Crippen molar-refractivity contribution in [3.63, 3.8) is 0 Å². The zero-order chi connectivity index (χ0) is 12.6. The van der Waals surface area contributed by atoms with Crippen LogP contribution < -0.4 is 10.5 Å². The topological polar surface area (TPSA) is 51.0 Å². The minimum absolute atomic E-state index is 0.316. The Labute approximate surface area is 97.6 Å². The van der Waals surface area contributed by atoms with E-state index in [1.807, 2.05) is 0 Å². The Morgan fingerprint density at radius 2 is 2.06 bits per heavy atom. The molecule has 0 saturated heterocycles. The molecule has 1 unspecified atom stereocenters. The fourth-order valence-electron chi connectivity index (χ4n) is 1.64. The number of halogens is 2. The maximum atomic E-state index is 12.8. The van der Waals surface area contributed by atoms with Gasteiger partial charge in [-0.1, -0.05) is 0 Å². The molecule has 92 valence electrons. The van der Waals surface area contributed by atoms with Crippen molar-refractivity contribution < 1.29 is 13.5 Å². The molecule has 3 N–H and O–H groups in total. The number of hydrogen-bond acceptors (Lipinski definition) is 2. The van der Waals surface area contributed by atoms with E-state index in [0.29, 0.717) is 11.4 Å². The van der Waals surface area contributed by atoms with E-state index in [1.165, 1.54) is 6.92 Å². The highest BCUT2D eigenvalue weighted by Gasteiger charge is 2.33. The number of methoxy groups -OCH3 is 1. The van der Waals surface area contributed by atoms with E-state index < -0.39 is 12.0 Å². The first-order valence-corrected chi connectivity index (χ1v) is 5.19. The first-order chi connectivity index (χ1) is 7.95. The smallest absolute Gasteiger partial charge is 0.261 e. The number of ether oxygens (including phenoxy) is 1. The van der Waals surface area contributed by atoms with Crippen LogP contribution in [0.3, 0.4) is 0 Å². The maximum Gasteiger partial charge on any atom is 0.261 e. The summed E-state index contributed by atoms with van der Waals surface area (Å²) < 4.78 is 30.7. The second-order valence-electron chi connectivity index (χ2n) is 4.22. The molecule has 0 bridgehead atoms. The fraction of sp³-hybridized carbons (Fsp3) is 0.333. The number of nitrogens with two attached hydrogens (primary N) is 1. The van der Waals surface area contributed by atoms with Crippen molar-refractivity contribution in [3.8, 4) is 5.75 Å². The highest BCUT2D eigenvalue weighted by Crippen LogP contribution is 2.29. The number of benzene rings is 1. The van der Waals surface area contributed by atoms with Crippen molar-refractivity contribution in [2.45, 2.75) is 18.9 Å². The minimum atomic E-state index is -2.63. The third-order valence-corrected chi connectivity index (χ3v) is 2.86. The van der Waals surface area contributed by atoms with Crippen molar-refractivity contribution in [1.82, 2.24) is 4.98 Å². The first-order valence-electron chi connectivity index (χ1n) is 5.19. The number of aromatic amines is 1. The molecule has 2 rings (SSSR count). The van der Waals surface area contributed by atoms with Crippen molar-refractivity contribution in [2.24, 2.45) is 5.73 Å². The number of hydrogen-bond donors (Lipinski definition) is 2. The Balaban J connectivity index is 2.51. The number of H-pyrrole nitrogens is 1. The molecule has 0 amide bonds. The molecule has 1 heterocycles. The second kappa shape index (κ2) is 4.00. The largest absolute Gasteiger partial charge is 0.497 e. The van der Waals surface area contributed by atoms with Gasteiger partial charge in [0.05, 0.1) is 7.11 Å². The van der Waals surface area contributed by atoms with Gasteiger partial charge in [0.2, 0.25) is 0 Å². The average Bonchev–Trinajstić information content (AvgIpc) is 2.71. The lowest BCUT2D eigenvalue weighted by Crippen LogP contribution is -2.40. The predicted octanol–water partition coefficient (Wildman–Crippen LogP) is 2.62. The van der Waals surface area contributed by atoms with Crippen molar-refractivity contribution in [2.75, 3.05) is 7.11 Å². The third kappa shape index (κ3) is 1.98. The van der Waals surface area contributed by atoms with Crippen LogP contribution in [0.5, 0.6) is 5.75 Å². The van der Waals surface area contributed by atoms with Crippen LogP contribution in [-0.4, -0.2) is 18.5 Å². The monoisotopic (exact) mass is 240 g/mol. The molecule has 17 heavy (non-hydrogen) atoms. The summed E-state index contributed by atoms with van der Waals surface area (Å²) >= 11 is 0. The molecular formula is C12H14F2N2O. The summed E-state index contributed by atoms with van der Waals surface area (Å²) in [6, 6.07) is 6.97. The zero-order valence-corrected chi connectivity index (χ0v) is 9.63. The van der Waals surface area contributed by atoms with Gasteiger partial charge >= 0.3 is 0 Å². The lowest BCUT2D eigenvalue weighted by molar-refractivity contribution is 0.0606. The predicted molar refractivity (Wildman–Crippen MR) is 62.4 cm³/mol. The van der Waals surface area contributed by atoms with E-state index in [-0.39, 0.29) is 0 Å². The molecule has 1 aromatic carbocycles. The average molecular weight is 240 g/mol. The molecule has 0 aliphatic heterocycles. The first kappa shape index (κ1) is 11.9. The van der Waals surface area contributed by atoms with Crippen LogP contribution >= 0.6 is 0 Å². The Hall–Kier alpha value is -1.62. The molecule has 0 fully saturated rings. The highest BCUT2D eigenvalue weighted by molar-refractivity contribution is 5.82. The molecule has 0 saturated carbocycles. The van der Waals surface area contributed by atoms with Gasteiger partial charge in [0.25, 0.3) is 6.43 Å². The lowest BCUT2D eigenvalue weighted by atomic mass is 10.0. The van der Waals surface area contributed by atoms with Gasteiger partial charge in [-0.15, -0.1) is 0 Å². The van der Waals surface area contributed by atoms with Gasteiger partial charge in [0.1, 0.15) is 11.3 Å². The van der Waals surface area contributed by atoms with Gasteiger partial charge in [0, 0.05) is 17.3 Å². The van der Waals surface area contributed by atoms with E-state index in [9.17, 15) is 8.78 Å². The molecular weight excluding hydrogens is 226 g/mol. The number of alkyl halides is 2. The van der Waals surface area contributed by atoms with Gasteiger partial charge < -0.3 is 15.5 Å². The van der Waals surface area contributed by atoms with Crippen molar-refractivity contribution in [3.05, 3.63) is 30.0 Å². The van der Waals surface area contributed by atoms with Gasteiger partial charge in [-0.25, -0.2) is 8.78 Å². The van der Waals surface area contributed by atoms with Crippen LogP contribution in [0.25, 0.3) is 10.9 Å². The number of fused-ring (bicyclic) bond motifs is 1. The summed E-state index contributed by atoms with van der Waals surface area (Å²) in [5, 5.41) is 0.832. The quantitative estimate of drug-likeness (QED) is 0.866. The van der Waals surface area contributed by atoms with Gasteiger partial charge in [0.15, 0.2) is 0 Å². The fourth-order valence-corrected chi connectivity index (χ4v) is 1.64. The van der Waals surface area contributed by atoms with E-state index in [0.717, 1.165) is 10.9 Å². The number of aromatic nitrogens is 1. The molecule has 1 aromatic heterocycles. The summed E-state index contributed by atoms with van der Waals surface area (Å²) in [7, 11) is 1.55. The van der Waals surface area contributed by atoms with Crippen LogP contribution in [0.15, 0.2) is 24.3 Å². The highest BCUT2D eigenvalue weighted by atomic mass is 19.3. The van der Waals surface area contributed by atoms with Crippen LogP contribution in [0.4, 0.5) is 8.78 Å². The van der Waals surface area contributed by atoms with E-state index in [2.05, 4.69) is 4.98 Å². The van der Waals surface area contributed by atoms with Crippen LogP contribution in [0.1, 0.15) is 12.6 Å². The van der Waals surface area contributed by atoms with Gasteiger partial charge in [-0.3, -0.25) is 0 Å². The number of rotatable bonds is 3. The molecule has 5 heteroatoms. The van der Waals surface area contributed by atoms with E-state index >= 15 is 0 Å². The van der Waals surface area contributed by atoms with Gasteiger partial charge in [-0.05, 0) is 30.5 Å². The maximum absolute atomic E-state index is 12.8. The van der Waals surface area contributed by atoms with Crippen LogP contribution in [-0.2, 0) is 5.54 Å². The lowest BCUT2D eigenvalue weighted by Gasteiger charge is -2.21. The Morgan fingerprint density at radius 1 is 1.35 bits per heavy atom. The summed E-state index contributed by atoms with van der Waals surface area (Å²) in [6.07, 6.45) is -2.63. The zero-order valence-electron chi connectivity index (χ0n) is 9.63. The molecule has 0 aliphatic rings. The Kier molecular flexibility index (Phi) is 2.79. The molecule has 0 spiro atoms. The van der Waals surface area contributed by atoms with E-state index in [4.69, 9.17) is 10.5 Å². The van der Waals surface area contributed by atoms with E-state index in [1.54, 1.807) is 31.4 Å². The molecule has 0 aliphatic carbocycles. The number of nitrogens with one attached hydrogen (secondary N) is 1. The molecule has 2 aromatic rings. The Morgan fingerprint density at radius 3 is 2.65 bits per heavy atom. The second-order valence-corrected chi connectivity index (χ2v) is 4.22. The standard InChI is InChI=1S/C12H14F2N2O/c1-12(15,11(13)14)10-5-7-3-4-8(17-2)6-9(7)16-10/h3-6,11,16H,15H2,1-2H3. The summed E-state index contributed by atoms with van der Waals surface area (Å²) in [5.74, 6) is 0.668. The normalized spacial score (nSPS) is 15.2. The minimum Gasteiger partial charge on any atom is -0.497 e. The van der Waals surface area contributed by atoms with Crippen LogP contribution in [0, 0.1) is 0 Å². The Bertz CT molecular complexity index is 534. The summed E-state index contributed by atoms with van der Waals surface area (Å²) in [5.41, 5.74) is 4.98. The van der Waals surface area contributed by atoms with Crippen molar-refractivity contribution >= 4 is 10.9 Å². The molecule has 0 radical (unpaired) electrons.